The quantitative estimate of drug-likeness (QED) is 0.431. The fraction of sp³-hybridized carbons (Fsp3) is 0.208. The van der Waals surface area contributed by atoms with E-state index in [0.29, 0.717) is 34.2 Å². The number of carbonyl (C=O) groups excluding carboxylic acids is 2. The van der Waals surface area contributed by atoms with Gasteiger partial charge in [0.1, 0.15) is 17.1 Å². The highest BCUT2D eigenvalue weighted by molar-refractivity contribution is 6.10. The lowest BCUT2D eigenvalue weighted by Crippen LogP contribution is -2.24. The number of nitrogens with one attached hydrogen (secondary N) is 2. The lowest BCUT2D eigenvalue weighted by Gasteiger charge is -2.19. The summed E-state index contributed by atoms with van der Waals surface area (Å²) < 4.78 is 10.3. The van der Waals surface area contributed by atoms with Crippen molar-refractivity contribution in [2.75, 3.05) is 12.4 Å². The maximum Gasteiger partial charge on any atom is 0.341 e. The largest absolute Gasteiger partial charge is 0.465 e. The molecule has 0 radical (unpaired) electrons. The molecule has 4 rings (SSSR count). The minimum atomic E-state index is -0.649. The third kappa shape index (κ3) is 4.82. The van der Waals surface area contributed by atoms with Gasteiger partial charge in [0.25, 0.3) is 0 Å². The number of nitrogens with zero attached hydrogens (tertiary/aromatic N) is 3. The normalized spacial score (nSPS) is 11.3. The number of fused-ring (bicyclic) bond motifs is 1. The second kappa shape index (κ2) is 8.70. The van der Waals surface area contributed by atoms with Gasteiger partial charge in [-0.15, -0.1) is 0 Å². The van der Waals surface area contributed by atoms with Crippen LogP contribution in [0.3, 0.4) is 0 Å². The molecule has 0 aliphatic heterocycles. The number of methoxy groups -OCH3 is 1. The summed E-state index contributed by atoms with van der Waals surface area (Å²) in [4.78, 5) is 41.0. The molecule has 0 saturated carbocycles. The van der Waals surface area contributed by atoms with Gasteiger partial charge in [-0.2, -0.15) is 0 Å². The van der Waals surface area contributed by atoms with Crippen molar-refractivity contribution in [2.24, 2.45) is 0 Å². The summed E-state index contributed by atoms with van der Waals surface area (Å²) in [6.45, 7) is 5.46. The van der Waals surface area contributed by atoms with Gasteiger partial charge in [-0.05, 0) is 39.0 Å². The average molecular weight is 445 g/mol. The van der Waals surface area contributed by atoms with E-state index in [1.165, 1.54) is 19.5 Å². The Hall–Kier alpha value is -4.27. The van der Waals surface area contributed by atoms with Gasteiger partial charge in [0.15, 0.2) is 5.82 Å². The number of H-pyrrole nitrogens is 1. The molecule has 0 aliphatic carbocycles. The molecule has 168 valence electrons. The number of hydrogen-bond acceptors (Lipinski definition) is 8. The van der Waals surface area contributed by atoms with Crippen LogP contribution in [0.1, 0.15) is 41.5 Å². The van der Waals surface area contributed by atoms with Crippen LogP contribution in [0.15, 0.2) is 55.0 Å². The molecule has 9 heteroatoms. The molecule has 3 aromatic heterocycles. The van der Waals surface area contributed by atoms with Crippen LogP contribution in [0.25, 0.3) is 22.3 Å². The van der Waals surface area contributed by atoms with Crippen LogP contribution in [0.5, 0.6) is 0 Å². The molecule has 0 atom stereocenters. The molecule has 33 heavy (non-hydrogen) atoms. The second-order valence-corrected chi connectivity index (χ2v) is 8.26. The van der Waals surface area contributed by atoms with Crippen molar-refractivity contribution in [2.45, 2.75) is 26.4 Å². The lowest BCUT2D eigenvalue weighted by molar-refractivity contribution is 0.00725. The number of ether oxygens (including phenoxy) is 2. The zero-order valence-electron chi connectivity index (χ0n) is 18.7. The Kier molecular flexibility index (Phi) is 5.78. The van der Waals surface area contributed by atoms with Crippen molar-refractivity contribution in [1.29, 1.82) is 0 Å². The van der Waals surface area contributed by atoms with E-state index in [-0.39, 0.29) is 0 Å². The van der Waals surface area contributed by atoms with Gasteiger partial charge in [0.2, 0.25) is 0 Å². The van der Waals surface area contributed by atoms with Crippen LogP contribution in [0, 0.1) is 0 Å². The highest BCUT2D eigenvalue weighted by atomic mass is 16.6. The molecule has 0 bridgehead atoms. The van der Waals surface area contributed by atoms with Gasteiger partial charge in [0.05, 0.1) is 36.3 Å². The number of aromatic nitrogens is 4. The molecule has 0 spiro atoms. The molecule has 3 heterocycles. The Balaban J connectivity index is 1.70. The molecule has 9 nitrogen and oxygen atoms in total. The van der Waals surface area contributed by atoms with Gasteiger partial charge in [-0.3, -0.25) is 4.98 Å². The van der Waals surface area contributed by atoms with Crippen LogP contribution < -0.4 is 5.32 Å². The standard InChI is InChI=1S/C24H23N5O4/c1-24(2,3)33-23(31)20-15-7-5-6-8-16(15)28-21(20)17-12-25-13-19(27-17)29-18-10-9-14(11-26-18)22(30)32-4/h5-13,28H,1-4H3,(H,26,27,29). The van der Waals surface area contributed by atoms with E-state index in [9.17, 15) is 9.59 Å². The lowest BCUT2D eigenvalue weighted by atomic mass is 10.1. The predicted molar refractivity (Wildman–Crippen MR) is 123 cm³/mol. The SMILES string of the molecule is COC(=O)c1ccc(Nc2cncc(-c3[nH]c4ccccc4c3C(=O)OC(C)(C)C)n2)nc1. The van der Waals surface area contributed by atoms with Gasteiger partial charge in [-0.25, -0.2) is 19.6 Å². The predicted octanol–water partition coefficient (Wildman–Crippen LogP) is 4.51. The molecule has 2 N–H and O–H groups in total. The number of para-hydroxylation sites is 1. The number of benzene rings is 1. The molecular weight excluding hydrogens is 422 g/mol. The number of aromatic amines is 1. The molecule has 0 saturated heterocycles. The van der Waals surface area contributed by atoms with E-state index in [1.54, 1.807) is 18.3 Å². The van der Waals surface area contributed by atoms with E-state index in [1.807, 2.05) is 45.0 Å². The van der Waals surface area contributed by atoms with E-state index >= 15 is 0 Å². The highest BCUT2D eigenvalue weighted by Crippen LogP contribution is 2.31. The monoisotopic (exact) mass is 445 g/mol. The van der Waals surface area contributed by atoms with Crippen LogP contribution in [0.2, 0.25) is 0 Å². The summed E-state index contributed by atoms with van der Waals surface area (Å²) in [5.41, 5.74) is 1.84. The van der Waals surface area contributed by atoms with Crippen molar-refractivity contribution < 1.29 is 19.1 Å². The van der Waals surface area contributed by atoms with E-state index in [2.05, 4.69) is 30.0 Å². The first-order chi connectivity index (χ1) is 15.7. The van der Waals surface area contributed by atoms with Gasteiger partial charge in [0, 0.05) is 17.1 Å². The van der Waals surface area contributed by atoms with Crippen molar-refractivity contribution in [1.82, 2.24) is 19.9 Å². The molecule has 0 aliphatic rings. The number of carbonyl (C=O) groups is 2. The topological polar surface area (TPSA) is 119 Å². The molecule has 0 unspecified atom stereocenters. The fourth-order valence-electron chi connectivity index (χ4n) is 3.26. The summed E-state index contributed by atoms with van der Waals surface area (Å²) in [7, 11) is 1.31. The number of hydrogen-bond donors (Lipinski definition) is 2. The second-order valence-electron chi connectivity index (χ2n) is 8.26. The molecule has 1 aromatic carbocycles. The highest BCUT2D eigenvalue weighted by Gasteiger charge is 2.26. The smallest absolute Gasteiger partial charge is 0.341 e. The third-order valence-electron chi connectivity index (χ3n) is 4.64. The van der Waals surface area contributed by atoms with Gasteiger partial charge < -0.3 is 19.8 Å². The summed E-state index contributed by atoms with van der Waals surface area (Å²) in [5, 5.41) is 3.79. The van der Waals surface area contributed by atoms with E-state index in [4.69, 9.17) is 4.74 Å². The zero-order chi connectivity index (χ0) is 23.6. The summed E-state index contributed by atoms with van der Waals surface area (Å²) in [6.07, 6.45) is 4.51. The minimum Gasteiger partial charge on any atom is -0.465 e. The number of esters is 2. The third-order valence-corrected chi connectivity index (χ3v) is 4.64. The summed E-state index contributed by atoms with van der Waals surface area (Å²) in [5.74, 6) is -0.0303. The molecular formula is C24H23N5O4. The molecule has 4 aromatic rings. The average Bonchev–Trinajstić information content (AvgIpc) is 3.18. The summed E-state index contributed by atoms with van der Waals surface area (Å²) >= 11 is 0. The maximum absolute atomic E-state index is 13.1. The van der Waals surface area contributed by atoms with Crippen LogP contribution in [-0.4, -0.2) is 44.6 Å². The van der Waals surface area contributed by atoms with Crippen LogP contribution >= 0.6 is 0 Å². The first kappa shape index (κ1) is 21.9. The van der Waals surface area contributed by atoms with Crippen molar-refractivity contribution in [3.05, 3.63) is 66.1 Å². The van der Waals surface area contributed by atoms with Gasteiger partial charge >= 0.3 is 11.9 Å². The number of anilines is 2. The minimum absolute atomic E-state index is 0.336. The van der Waals surface area contributed by atoms with Crippen LogP contribution in [-0.2, 0) is 9.47 Å². The van der Waals surface area contributed by atoms with E-state index < -0.39 is 17.5 Å². The number of rotatable bonds is 5. The maximum atomic E-state index is 13.1. The Labute approximate surface area is 190 Å². The molecule has 0 amide bonds. The zero-order valence-corrected chi connectivity index (χ0v) is 18.7. The fourth-order valence-corrected chi connectivity index (χ4v) is 3.26. The van der Waals surface area contributed by atoms with Gasteiger partial charge in [-0.1, -0.05) is 18.2 Å². The van der Waals surface area contributed by atoms with E-state index in [0.717, 1.165) is 10.9 Å². The first-order valence-electron chi connectivity index (χ1n) is 10.2. The van der Waals surface area contributed by atoms with Crippen LogP contribution in [0.4, 0.5) is 11.6 Å². The molecule has 0 fully saturated rings. The summed E-state index contributed by atoms with van der Waals surface area (Å²) in [6, 6.07) is 10.7. The Bertz CT molecular complexity index is 1320. The van der Waals surface area contributed by atoms with Crippen molar-refractivity contribution in [3.8, 4) is 11.4 Å². The van der Waals surface area contributed by atoms with Crippen molar-refractivity contribution in [3.63, 3.8) is 0 Å². The Morgan fingerprint density at radius 1 is 0.970 bits per heavy atom. The Morgan fingerprint density at radius 2 is 1.76 bits per heavy atom. The number of pyridine rings is 1. The Morgan fingerprint density at radius 3 is 2.45 bits per heavy atom. The van der Waals surface area contributed by atoms with Crippen molar-refractivity contribution >= 4 is 34.5 Å². The first-order valence-corrected chi connectivity index (χ1v) is 10.2.